The molecule has 0 aromatic heterocycles. The average molecular weight is 475 g/mol. The van der Waals surface area contributed by atoms with Gasteiger partial charge in [0, 0.05) is 19.1 Å². The van der Waals surface area contributed by atoms with Crippen LogP contribution >= 0.6 is 0 Å². The Morgan fingerprint density at radius 2 is 1.79 bits per heavy atom. The van der Waals surface area contributed by atoms with Gasteiger partial charge in [-0.1, -0.05) is 30.3 Å². The number of carbonyl (C=O) groups excluding carboxylic acids is 1. The maximum atomic E-state index is 12.9. The molecule has 2 aromatic rings. The highest BCUT2D eigenvalue weighted by Crippen LogP contribution is 2.31. The van der Waals surface area contributed by atoms with Crippen LogP contribution in [0.15, 0.2) is 53.4 Å². The lowest BCUT2D eigenvalue weighted by atomic mass is 9.85. The summed E-state index contributed by atoms with van der Waals surface area (Å²) in [6, 6.07) is 15.3. The topological polar surface area (TPSA) is 91.9 Å². The monoisotopic (exact) mass is 474 g/mol. The highest BCUT2D eigenvalue weighted by molar-refractivity contribution is 7.89. The molecule has 1 saturated carbocycles. The van der Waals surface area contributed by atoms with Gasteiger partial charge in [0.25, 0.3) is 0 Å². The summed E-state index contributed by atoms with van der Waals surface area (Å²) in [4.78, 5) is 13.3. The number of benzene rings is 2. The zero-order valence-electron chi connectivity index (χ0n) is 19.5. The lowest BCUT2D eigenvalue weighted by Gasteiger charge is -2.29. The van der Waals surface area contributed by atoms with Gasteiger partial charge in [-0.05, 0) is 50.3 Å². The summed E-state index contributed by atoms with van der Waals surface area (Å²) < 4.78 is 32.1. The van der Waals surface area contributed by atoms with Crippen molar-refractivity contribution in [3.05, 3.63) is 54.1 Å². The molecule has 0 spiro atoms. The Hall–Kier alpha value is -2.26. The summed E-state index contributed by atoms with van der Waals surface area (Å²) in [6.45, 7) is 2.89. The zero-order valence-corrected chi connectivity index (χ0v) is 20.4. The first-order valence-corrected chi connectivity index (χ1v) is 12.5. The van der Waals surface area contributed by atoms with E-state index in [1.807, 2.05) is 37.3 Å². The molecule has 180 valence electrons. The van der Waals surface area contributed by atoms with Crippen molar-refractivity contribution in [2.45, 2.75) is 49.6 Å². The molecule has 8 heteroatoms. The molecule has 0 bridgehead atoms. The fourth-order valence-electron chi connectivity index (χ4n) is 3.97. The van der Waals surface area contributed by atoms with Crippen molar-refractivity contribution in [1.82, 2.24) is 10.0 Å². The first kappa shape index (κ1) is 25.4. The zero-order chi connectivity index (χ0) is 23.6. The second-order valence-electron chi connectivity index (χ2n) is 8.23. The Morgan fingerprint density at radius 3 is 2.45 bits per heavy atom. The van der Waals surface area contributed by atoms with Gasteiger partial charge >= 0.3 is 0 Å². The van der Waals surface area contributed by atoms with Gasteiger partial charge in [-0.3, -0.25) is 4.79 Å². The quantitative estimate of drug-likeness (QED) is 0.381. The van der Waals surface area contributed by atoms with E-state index in [0.717, 1.165) is 31.2 Å². The van der Waals surface area contributed by atoms with Crippen LogP contribution < -0.4 is 19.5 Å². The van der Waals surface area contributed by atoms with Gasteiger partial charge in [-0.25, -0.2) is 0 Å². The normalized spacial score (nSPS) is 20.0. The standard InChI is InChI=1S/C25H34N2O5S/c1-18(19-7-5-4-6-8-19)26-25(28)20-9-11-21(12-10-20)27-33(29)22-13-14-23(24(17-22)31-3)32-16-15-30-2/h4-8,13-14,17-18,20-21,27H,9-12,15-16H2,1-3H3,(H,26,28)/t18-,20-,21-,33?/m1/s1. The molecule has 0 heterocycles. The summed E-state index contributed by atoms with van der Waals surface area (Å²) in [5.74, 6) is 1.21. The number of hydrogen-bond donors (Lipinski definition) is 2. The molecule has 1 fully saturated rings. The van der Waals surface area contributed by atoms with E-state index >= 15 is 0 Å². The Kier molecular flexibility index (Phi) is 9.87. The largest absolute Gasteiger partial charge is 0.593 e. The van der Waals surface area contributed by atoms with E-state index in [2.05, 4.69) is 10.0 Å². The molecule has 3 rings (SSSR count). The van der Waals surface area contributed by atoms with Crippen molar-refractivity contribution in [3.63, 3.8) is 0 Å². The fraction of sp³-hybridized carbons (Fsp3) is 0.480. The van der Waals surface area contributed by atoms with Gasteiger partial charge in [-0.15, -0.1) is 4.72 Å². The highest BCUT2D eigenvalue weighted by Gasteiger charge is 2.30. The molecule has 0 saturated heterocycles. The van der Waals surface area contributed by atoms with Crippen LogP contribution in [0.5, 0.6) is 11.5 Å². The van der Waals surface area contributed by atoms with E-state index in [0.29, 0.717) is 29.6 Å². The molecular formula is C25H34N2O5S. The van der Waals surface area contributed by atoms with Crippen molar-refractivity contribution in [2.75, 3.05) is 27.4 Å². The first-order valence-electron chi connectivity index (χ1n) is 11.3. The molecule has 2 N–H and O–H groups in total. The highest BCUT2D eigenvalue weighted by atomic mass is 32.2. The van der Waals surface area contributed by atoms with E-state index in [4.69, 9.17) is 14.2 Å². The van der Waals surface area contributed by atoms with Gasteiger partial charge in [0.2, 0.25) is 5.91 Å². The number of ether oxygens (including phenoxy) is 3. The van der Waals surface area contributed by atoms with Gasteiger partial charge in [0.1, 0.15) is 6.61 Å². The minimum Gasteiger partial charge on any atom is -0.593 e. The molecule has 7 nitrogen and oxygen atoms in total. The minimum atomic E-state index is -1.38. The molecule has 2 atom stereocenters. The number of nitrogens with one attached hydrogen (secondary N) is 2. The van der Waals surface area contributed by atoms with Crippen LogP contribution in [0, 0.1) is 5.92 Å². The molecule has 1 unspecified atom stereocenters. The molecule has 2 aromatic carbocycles. The van der Waals surface area contributed by atoms with Crippen molar-refractivity contribution in [2.24, 2.45) is 5.92 Å². The van der Waals surface area contributed by atoms with Crippen LogP contribution in [0.2, 0.25) is 0 Å². The fourth-order valence-corrected chi connectivity index (χ4v) is 5.05. The van der Waals surface area contributed by atoms with Crippen molar-refractivity contribution >= 4 is 17.3 Å². The summed E-state index contributed by atoms with van der Waals surface area (Å²) in [7, 11) is 3.17. The second kappa shape index (κ2) is 12.8. The average Bonchev–Trinajstić information content (AvgIpc) is 2.85. The number of amides is 1. The summed E-state index contributed by atoms with van der Waals surface area (Å²) in [5, 5.41) is 3.13. The van der Waals surface area contributed by atoms with Crippen LogP contribution in [0.3, 0.4) is 0 Å². The maximum absolute atomic E-state index is 12.9. The van der Waals surface area contributed by atoms with Crippen LogP contribution in [0.25, 0.3) is 0 Å². The van der Waals surface area contributed by atoms with Crippen LogP contribution in [0.1, 0.15) is 44.2 Å². The van der Waals surface area contributed by atoms with E-state index in [-0.39, 0.29) is 23.9 Å². The summed E-state index contributed by atoms with van der Waals surface area (Å²) >= 11 is -1.38. The first-order chi connectivity index (χ1) is 16.0. The predicted molar refractivity (Wildman–Crippen MR) is 129 cm³/mol. The van der Waals surface area contributed by atoms with Crippen LogP contribution in [-0.4, -0.2) is 43.9 Å². The number of rotatable bonds is 11. The van der Waals surface area contributed by atoms with Crippen molar-refractivity contribution in [3.8, 4) is 11.5 Å². The minimum absolute atomic E-state index is 0.00808. The molecule has 1 amide bonds. The number of hydrogen-bond acceptors (Lipinski definition) is 6. The Balaban J connectivity index is 1.47. The summed E-state index contributed by atoms with van der Waals surface area (Å²) in [5.41, 5.74) is 1.10. The number of carbonyl (C=O) groups is 1. The SMILES string of the molecule is COCCOc1ccc([S+]([O-])N[C@H]2CC[C@H](C(=O)N[C@H](C)c3ccccc3)CC2)cc1OC. The molecule has 1 aliphatic carbocycles. The molecule has 1 aliphatic rings. The van der Waals surface area contributed by atoms with E-state index in [1.54, 1.807) is 32.4 Å². The van der Waals surface area contributed by atoms with Crippen LogP contribution in [-0.2, 0) is 20.9 Å². The predicted octanol–water partition coefficient (Wildman–Crippen LogP) is 3.77. The van der Waals surface area contributed by atoms with E-state index in [1.165, 1.54) is 0 Å². The Bertz CT molecular complexity index is 874. The summed E-state index contributed by atoms with van der Waals surface area (Å²) in [6.07, 6.45) is 3.16. The Labute approximate surface area is 199 Å². The molecule has 33 heavy (non-hydrogen) atoms. The second-order valence-corrected chi connectivity index (χ2v) is 9.47. The third-order valence-corrected chi connectivity index (χ3v) is 7.15. The lowest BCUT2D eigenvalue weighted by Crippen LogP contribution is -2.41. The van der Waals surface area contributed by atoms with Gasteiger partial charge in [0.15, 0.2) is 16.4 Å². The number of methoxy groups -OCH3 is 2. The third-order valence-electron chi connectivity index (χ3n) is 5.92. The van der Waals surface area contributed by atoms with Gasteiger partial charge in [0.05, 0.1) is 37.2 Å². The van der Waals surface area contributed by atoms with E-state index < -0.39 is 11.4 Å². The van der Waals surface area contributed by atoms with Gasteiger partial charge < -0.3 is 24.1 Å². The van der Waals surface area contributed by atoms with Crippen LogP contribution in [0.4, 0.5) is 0 Å². The Morgan fingerprint density at radius 1 is 1.06 bits per heavy atom. The van der Waals surface area contributed by atoms with Gasteiger partial charge in [-0.2, -0.15) is 0 Å². The van der Waals surface area contributed by atoms with Crippen molar-refractivity contribution in [1.29, 1.82) is 0 Å². The smallest absolute Gasteiger partial charge is 0.223 e. The molecule has 0 radical (unpaired) electrons. The molecular weight excluding hydrogens is 440 g/mol. The molecule has 0 aliphatic heterocycles. The third kappa shape index (κ3) is 7.37. The van der Waals surface area contributed by atoms with Crippen molar-refractivity contribution < 1.29 is 23.6 Å². The maximum Gasteiger partial charge on any atom is 0.223 e. The van der Waals surface area contributed by atoms with E-state index in [9.17, 15) is 9.35 Å². The lowest BCUT2D eigenvalue weighted by molar-refractivity contribution is -0.126.